The van der Waals surface area contributed by atoms with Crippen LogP contribution in [-0.2, 0) is 4.79 Å². The third kappa shape index (κ3) is 3.08. The molecule has 7 heteroatoms. The van der Waals surface area contributed by atoms with Crippen molar-refractivity contribution in [1.29, 1.82) is 0 Å². The maximum Gasteiger partial charge on any atom is 0.232 e. The highest BCUT2D eigenvalue weighted by atomic mass is 32.1. The van der Waals surface area contributed by atoms with Crippen molar-refractivity contribution >= 4 is 33.4 Å². The number of piperidine rings is 1. The lowest BCUT2D eigenvalue weighted by Gasteiger charge is -2.41. The van der Waals surface area contributed by atoms with Gasteiger partial charge in [-0.1, -0.05) is 6.07 Å². The van der Waals surface area contributed by atoms with Gasteiger partial charge in [0, 0.05) is 31.4 Å². The summed E-state index contributed by atoms with van der Waals surface area (Å²) in [4.78, 5) is 29.9. The van der Waals surface area contributed by atoms with Gasteiger partial charge in [-0.25, -0.2) is 15.0 Å². The molecule has 2 aromatic heterocycles. The van der Waals surface area contributed by atoms with Crippen LogP contribution in [0.3, 0.4) is 0 Å². The van der Waals surface area contributed by atoms with E-state index in [1.807, 2.05) is 5.51 Å². The minimum atomic E-state index is 0.0609. The topological polar surface area (TPSA) is 62.2 Å². The van der Waals surface area contributed by atoms with Crippen molar-refractivity contribution in [3.63, 3.8) is 0 Å². The SMILES string of the molecule is C[C@H](c1ccc2scnc2c1)N1CCC2(CC1)CC(=O)N(c1ncccn1)C2. The van der Waals surface area contributed by atoms with Gasteiger partial charge in [0.25, 0.3) is 0 Å². The van der Waals surface area contributed by atoms with Crippen LogP contribution in [0, 0.1) is 5.41 Å². The van der Waals surface area contributed by atoms with Gasteiger partial charge in [-0.2, -0.15) is 0 Å². The third-order valence-electron chi connectivity index (χ3n) is 6.36. The van der Waals surface area contributed by atoms with E-state index in [1.165, 1.54) is 10.3 Å². The summed E-state index contributed by atoms with van der Waals surface area (Å²) >= 11 is 1.68. The Bertz CT molecular complexity index is 996. The molecule has 144 valence electrons. The summed E-state index contributed by atoms with van der Waals surface area (Å²) in [5.41, 5.74) is 4.37. The standard InChI is InChI=1S/C21H23N5OS/c1-15(16-3-4-18-17(11-16)24-14-28-18)25-9-5-21(6-10-25)12-19(27)26(13-21)20-22-7-2-8-23-20/h2-4,7-8,11,14-15H,5-6,9-10,12-13H2,1H3/t15-/m1/s1. The minimum absolute atomic E-state index is 0.0609. The van der Waals surface area contributed by atoms with Gasteiger partial charge in [0.1, 0.15) is 0 Å². The second-order valence-electron chi connectivity index (χ2n) is 8.00. The fourth-order valence-electron chi connectivity index (χ4n) is 4.57. The molecular formula is C21H23N5OS. The summed E-state index contributed by atoms with van der Waals surface area (Å²) in [5.74, 6) is 0.693. The Labute approximate surface area is 168 Å². The molecule has 6 nitrogen and oxygen atoms in total. The van der Waals surface area contributed by atoms with Crippen molar-refractivity contribution in [3.05, 3.63) is 47.7 Å². The van der Waals surface area contributed by atoms with Gasteiger partial charge >= 0.3 is 0 Å². The summed E-state index contributed by atoms with van der Waals surface area (Å²) in [6, 6.07) is 8.76. The predicted molar refractivity (Wildman–Crippen MR) is 110 cm³/mol. The van der Waals surface area contributed by atoms with Crippen LogP contribution in [0.25, 0.3) is 10.2 Å². The zero-order valence-electron chi connectivity index (χ0n) is 15.9. The van der Waals surface area contributed by atoms with E-state index in [0.29, 0.717) is 18.4 Å². The molecule has 4 heterocycles. The van der Waals surface area contributed by atoms with E-state index in [2.05, 4.69) is 45.0 Å². The largest absolute Gasteiger partial charge is 0.297 e. The summed E-state index contributed by atoms with van der Waals surface area (Å²) in [7, 11) is 0. The first-order valence-electron chi connectivity index (χ1n) is 9.78. The summed E-state index contributed by atoms with van der Waals surface area (Å²) < 4.78 is 1.24. The van der Waals surface area contributed by atoms with Gasteiger partial charge in [0.05, 0.1) is 15.7 Å². The highest BCUT2D eigenvalue weighted by Crippen LogP contribution is 2.43. The number of anilines is 1. The van der Waals surface area contributed by atoms with Crippen molar-refractivity contribution in [1.82, 2.24) is 19.9 Å². The van der Waals surface area contributed by atoms with Crippen molar-refractivity contribution in [2.75, 3.05) is 24.5 Å². The van der Waals surface area contributed by atoms with E-state index in [0.717, 1.165) is 38.0 Å². The van der Waals surface area contributed by atoms with Gasteiger partial charge in [-0.05, 0) is 62.0 Å². The molecular weight excluding hydrogens is 370 g/mol. The zero-order valence-corrected chi connectivity index (χ0v) is 16.7. The van der Waals surface area contributed by atoms with Crippen LogP contribution in [0.5, 0.6) is 0 Å². The molecule has 0 N–H and O–H groups in total. The summed E-state index contributed by atoms with van der Waals surface area (Å²) in [6.07, 6.45) is 6.07. The van der Waals surface area contributed by atoms with E-state index in [4.69, 9.17) is 0 Å². The maximum atomic E-state index is 12.6. The molecule has 0 saturated carbocycles. The van der Waals surface area contributed by atoms with Crippen LogP contribution in [0.15, 0.2) is 42.2 Å². The molecule has 28 heavy (non-hydrogen) atoms. The number of thiazole rings is 1. The Morgan fingerprint density at radius 2 is 1.93 bits per heavy atom. The molecule has 3 aromatic rings. The number of hydrogen-bond acceptors (Lipinski definition) is 6. The van der Waals surface area contributed by atoms with Crippen LogP contribution in [-0.4, -0.2) is 45.4 Å². The minimum Gasteiger partial charge on any atom is -0.297 e. The van der Waals surface area contributed by atoms with Gasteiger partial charge in [-0.15, -0.1) is 11.3 Å². The Kier molecular flexibility index (Phi) is 4.36. The first kappa shape index (κ1) is 17.7. The molecule has 0 radical (unpaired) electrons. The average molecular weight is 394 g/mol. The monoisotopic (exact) mass is 393 g/mol. The van der Waals surface area contributed by atoms with Gasteiger partial charge in [0.15, 0.2) is 0 Å². The smallest absolute Gasteiger partial charge is 0.232 e. The second-order valence-corrected chi connectivity index (χ2v) is 8.88. The lowest BCUT2D eigenvalue weighted by molar-refractivity contribution is -0.118. The predicted octanol–water partition coefficient (Wildman–Crippen LogP) is 3.67. The summed E-state index contributed by atoms with van der Waals surface area (Å²) in [5, 5.41) is 0. The van der Waals surface area contributed by atoms with Crippen LogP contribution >= 0.6 is 11.3 Å². The van der Waals surface area contributed by atoms with E-state index in [1.54, 1.807) is 34.7 Å². The molecule has 2 fully saturated rings. The number of carbonyl (C=O) groups is 1. The van der Waals surface area contributed by atoms with E-state index in [-0.39, 0.29) is 11.3 Å². The van der Waals surface area contributed by atoms with Gasteiger partial charge in [0.2, 0.25) is 11.9 Å². The number of likely N-dealkylation sites (tertiary alicyclic amines) is 1. The van der Waals surface area contributed by atoms with E-state index in [9.17, 15) is 4.79 Å². The van der Waals surface area contributed by atoms with E-state index < -0.39 is 0 Å². The van der Waals surface area contributed by atoms with Gasteiger partial charge < -0.3 is 0 Å². The van der Waals surface area contributed by atoms with Gasteiger partial charge in [-0.3, -0.25) is 14.6 Å². The molecule has 1 amide bonds. The molecule has 1 spiro atoms. The lowest BCUT2D eigenvalue weighted by atomic mass is 9.77. The number of carbonyl (C=O) groups excluding carboxylic acids is 1. The first-order chi connectivity index (χ1) is 13.6. The van der Waals surface area contributed by atoms with Crippen LogP contribution in [0.1, 0.15) is 37.8 Å². The Morgan fingerprint density at radius 3 is 2.71 bits per heavy atom. The molecule has 2 aliphatic rings. The molecule has 0 aliphatic carbocycles. The van der Waals surface area contributed by atoms with Crippen molar-refractivity contribution < 1.29 is 4.79 Å². The normalized spacial score (nSPS) is 20.9. The molecule has 1 aromatic carbocycles. The Morgan fingerprint density at radius 1 is 1.14 bits per heavy atom. The molecule has 2 aliphatic heterocycles. The average Bonchev–Trinajstić information content (AvgIpc) is 3.32. The number of amides is 1. The fourth-order valence-corrected chi connectivity index (χ4v) is 5.23. The van der Waals surface area contributed by atoms with Crippen LogP contribution in [0.2, 0.25) is 0 Å². The molecule has 2 saturated heterocycles. The zero-order chi connectivity index (χ0) is 19.1. The van der Waals surface area contributed by atoms with Crippen molar-refractivity contribution in [2.45, 2.75) is 32.2 Å². The lowest BCUT2D eigenvalue weighted by Crippen LogP contribution is -2.42. The van der Waals surface area contributed by atoms with Crippen LogP contribution < -0.4 is 4.90 Å². The highest BCUT2D eigenvalue weighted by molar-refractivity contribution is 7.16. The fraction of sp³-hybridized carbons (Fsp3) is 0.429. The Hall–Kier alpha value is -2.38. The number of aromatic nitrogens is 3. The van der Waals surface area contributed by atoms with Crippen molar-refractivity contribution in [2.24, 2.45) is 5.41 Å². The quantitative estimate of drug-likeness (QED) is 0.679. The molecule has 5 rings (SSSR count). The number of fused-ring (bicyclic) bond motifs is 1. The second kappa shape index (κ2) is 6.90. The number of benzene rings is 1. The third-order valence-corrected chi connectivity index (χ3v) is 7.17. The molecule has 0 bridgehead atoms. The number of hydrogen-bond donors (Lipinski definition) is 0. The number of nitrogens with zero attached hydrogens (tertiary/aromatic N) is 5. The molecule has 1 atom stereocenters. The van der Waals surface area contributed by atoms with Crippen molar-refractivity contribution in [3.8, 4) is 0 Å². The van der Waals surface area contributed by atoms with E-state index >= 15 is 0 Å². The number of rotatable bonds is 3. The first-order valence-corrected chi connectivity index (χ1v) is 10.7. The van der Waals surface area contributed by atoms with Crippen LogP contribution in [0.4, 0.5) is 5.95 Å². The maximum absolute atomic E-state index is 12.6. The summed E-state index contributed by atoms with van der Waals surface area (Å²) in [6.45, 7) is 5.03. The Balaban J connectivity index is 1.27. The highest BCUT2D eigenvalue weighted by Gasteiger charge is 2.46. The molecule has 0 unspecified atom stereocenters.